The third-order valence-corrected chi connectivity index (χ3v) is 4.71. The van der Waals surface area contributed by atoms with Crippen molar-refractivity contribution >= 4 is 0 Å². The van der Waals surface area contributed by atoms with Crippen LogP contribution < -0.4 is 0 Å². The maximum atomic E-state index is 5.74. The van der Waals surface area contributed by atoms with Gasteiger partial charge in [-0.2, -0.15) is 0 Å². The van der Waals surface area contributed by atoms with Crippen LogP contribution in [-0.4, -0.2) is 47.8 Å². The van der Waals surface area contributed by atoms with Crippen molar-refractivity contribution in [2.24, 2.45) is 0 Å². The highest BCUT2D eigenvalue weighted by atomic mass is 16.5. The molecule has 1 aliphatic heterocycles. The summed E-state index contributed by atoms with van der Waals surface area (Å²) in [6.07, 6.45) is 5.02. The van der Waals surface area contributed by atoms with E-state index >= 15 is 0 Å². The second-order valence-corrected chi connectivity index (χ2v) is 6.35. The summed E-state index contributed by atoms with van der Waals surface area (Å²) in [4.78, 5) is 6.70. The second kappa shape index (κ2) is 6.63. The Morgan fingerprint density at radius 2 is 2.14 bits per heavy atom. The number of aryl methyl sites for hydroxylation is 1. The molecule has 2 heterocycles. The van der Waals surface area contributed by atoms with Crippen LogP contribution in [0.2, 0.25) is 0 Å². The first-order chi connectivity index (χ1) is 10.7. The molecule has 22 heavy (non-hydrogen) atoms. The molecule has 3 rings (SSSR count). The van der Waals surface area contributed by atoms with Crippen LogP contribution in [0.3, 0.4) is 0 Å². The molecule has 4 nitrogen and oxygen atoms in total. The summed E-state index contributed by atoms with van der Waals surface area (Å²) >= 11 is 0. The van der Waals surface area contributed by atoms with Gasteiger partial charge in [0.05, 0.1) is 6.61 Å². The van der Waals surface area contributed by atoms with Crippen LogP contribution in [-0.2, 0) is 16.7 Å². The van der Waals surface area contributed by atoms with Gasteiger partial charge in [0.2, 0.25) is 0 Å². The Kier molecular flexibility index (Phi) is 4.60. The monoisotopic (exact) mass is 299 g/mol. The molecular weight excluding hydrogens is 274 g/mol. The summed E-state index contributed by atoms with van der Waals surface area (Å²) in [6.45, 7) is 6.77. The molecule has 0 aliphatic carbocycles. The Hall–Kier alpha value is -1.65. The van der Waals surface area contributed by atoms with Gasteiger partial charge in [0, 0.05) is 44.0 Å². The molecule has 2 aromatic rings. The fourth-order valence-electron chi connectivity index (χ4n) is 3.36. The SMILES string of the molecule is Cc1nccn1CCN(C)C[C@@]1(c2ccccc2)CCOC1. The molecule has 0 N–H and O–H groups in total. The molecular formula is C18H25N3O. The highest BCUT2D eigenvalue weighted by Crippen LogP contribution is 2.33. The zero-order chi connectivity index (χ0) is 15.4. The molecule has 0 spiro atoms. The number of rotatable bonds is 6. The number of aromatic nitrogens is 2. The number of likely N-dealkylation sites (N-methyl/N-ethyl adjacent to an activating group) is 1. The third-order valence-electron chi connectivity index (χ3n) is 4.71. The smallest absolute Gasteiger partial charge is 0.105 e. The predicted octanol–water partition coefficient (Wildman–Crippen LogP) is 2.48. The van der Waals surface area contributed by atoms with Gasteiger partial charge in [-0.05, 0) is 26.0 Å². The molecule has 0 saturated carbocycles. The lowest BCUT2D eigenvalue weighted by Gasteiger charge is -2.33. The first-order valence-electron chi connectivity index (χ1n) is 7.99. The number of nitrogens with zero attached hydrogens (tertiary/aromatic N) is 3. The minimum Gasteiger partial charge on any atom is -0.380 e. The first-order valence-corrected chi connectivity index (χ1v) is 7.99. The molecule has 1 aromatic heterocycles. The zero-order valence-electron chi connectivity index (χ0n) is 13.5. The summed E-state index contributed by atoms with van der Waals surface area (Å²) < 4.78 is 7.95. The van der Waals surface area contributed by atoms with E-state index in [1.807, 2.05) is 6.20 Å². The molecule has 1 fully saturated rings. The fourth-order valence-corrected chi connectivity index (χ4v) is 3.36. The maximum absolute atomic E-state index is 5.74. The van der Waals surface area contributed by atoms with E-state index in [4.69, 9.17) is 4.74 Å². The van der Waals surface area contributed by atoms with Crippen molar-refractivity contribution in [3.05, 3.63) is 54.1 Å². The third kappa shape index (κ3) is 3.23. The average Bonchev–Trinajstić information content (AvgIpc) is 3.16. The molecule has 1 aromatic carbocycles. The van der Waals surface area contributed by atoms with Gasteiger partial charge in [-0.1, -0.05) is 30.3 Å². The van der Waals surface area contributed by atoms with Crippen LogP contribution >= 0.6 is 0 Å². The molecule has 4 heteroatoms. The highest BCUT2D eigenvalue weighted by molar-refractivity contribution is 5.27. The topological polar surface area (TPSA) is 30.3 Å². The van der Waals surface area contributed by atoms with E-state index in [1.165, 1.54) is 5.56 Å². The van der Waals surface area contributed by atoms with Crippen molar-refractivity contribution in [3.63, 3.8) is 0 Å². The second-order valence-electron chi connectivity index (χ2n) is 6.35. The molecule has 1 saturated heterocycles. The Morgan fingerprint density at radius 1 is 1.32 bits per heavy atom. The minimum absolute atomic E-state index is 0.139. The minimum atomic E-state index is 0.139. The standard InChI is InChI=1S/C18H25N3O/c1-16-19-9-10-21(16)12-11-20(2)14-18(8-13-22-15-18)17-6-4-3-5-7-17/h3-7,9-10H,8,11-15H2,1-2H3/t18-/m0/s1. The van der Waals surface area contributed by atoms with E-state index in [0.29, 0.717) is 0 Å². The van der Waals surface area contributed by atoms with Gasteiger partial charge < -0.3 is 14.2 Å². The quantitative estimate of drug-likeness (QED) is 0.821. The molecule has 0 radical (unpaired) electrons. The van der Waals surface area contributed by atoms with Gasteiger partial charge in [0.1, 0.15) is 5.82 Å². The van der Waals surface area contributed by atoms with Crippen LogP contribution in [0.15, 0.2) is 42.7 Å². The van der Waals surface area contributed by atoms with Gasteiger partial charge in [-0.3, -0.25) is 0 Å². The van der Waals surface area contributed by atoms with Crippen molar-refractivity contribution < 1.29 is 4.74 Å². The molecule has 0 amide bonds. The van der Waals surface area contributed by atoms with Gasteiger partial charge in [0.15, 0.2) is 0 Å². The maximum Gasteiger partial charge on any atom is 0.105 e. The number of imidazole rings is 1. The molecule has 0 unspecified atom stereocenters. The van der Waals surface area contributed by atoms with Crippen LogP contribution in [0, 0.1) is 6.92 Å². The summed E-state index contributed by atoms with van der Waals surface area (Å²) in [5.41, 5.74) is 1.54. The summed E-state index contributed by atoms with van der Waals surface area (Å²) in [5.74, 6) is 1.08. The molecule has 118 valence electrons. The summed E-state index contributed by atoms with van der Waals surface area (Å²) in [6, 6.07) is 10.8. The van der Waals surface area contributed by atoms with E-state index in [1.54, 1.807) is 0 Å². The lowest BCUT2D eigenvalue weighted by atomic mass is 9.79. The Balaban J connectivity index is 1.65. The van der Waals surface area contributed by atoms with Crippen LogP contribution in [0.25, 0.3) is 0 Å². The average molecular weight is 299 g/mol. The van der Waals surface area contributed by atoms with E-state index in [9.17, 15) is 0 Å². The van der Waals surface area contributed by atoms with Crippen LogP contribution in [0.1, 0.15) is 17.8 Å². The van der Waals surface area contributed by atoms with Crippen LogP contribution in [0.4, 0.5) is 0 Å². The van der Waals surface area contributed by atoms with Gasteiger partial charge >= 0.3 is 0 Å². The van der Waals surface area contributed by atoms with Gasteiger partial charge in [0.25, 0.3) is 0 Å². The fraction of sp³-hybridized carbons (Fsp3) is 0.500. The number of ether oxygens (including phenoxy) is 1. The van der Waals surface area contributed by atoms with Crippen LogP contribution in [0.5, 0.6) is 0 Å². The van der Waals surface area contributed by atoms with Crippen molar-refractivity contribution in [1.82, 2.24) is 14.5 Å². The molecule has 1 aliphatic rings. The Bertz CT molecular complexity index is 587. The van der Waals surface area contributed by atoms with Crippen molar-refractivity contribution in [1.29, 1.82) is 0 Å². The lowest BCUT2D eigenvalue weighted by molar-refractivity contribution is 0.158. The number of hydrogen-bond acceptors (Lipinski definition) is 3. The van der Waals surface area contributed by atoms with E-state index in [2.05, 4.69) is 65.0 Å². The summed E-state index contributed by atoms with van der Waals surface area (Å²) in [5, 5.41) is 0. The van der Waals surface area contributed by atoms with E-state index < -0.39 is 0 Å². The molecule has 1 atom stereocenters. The number of hydrogen-bond donors (Lipinski definition) is 0. The summed E-state index contributed by atoms with van der Waals surface area (Å²) in [7, 11) is 2.20. The molecule has 0 bridgehead atoms. The number of benzene rings is 1. The lowest BCUT2D eigenvalue weighted by Crippen LogP contribution is -2.41. The zero-order valence-corrected chi connectivity index (χ0v) is 13.5. The Morgan fingerprint density at radius 3 is 2.77 bits per heavy atom. The predicted molar refractivity (Wildman–Crippen MR) is 88.0 cm³/mol. The highest BCUT2D eigenvalue weighted by Gasteiger charge is 2.37. The van der Waals surface area contributed by atoms with Crippen molar-refractivity contribution in [2.75, 3.05) is 33.4 Å². The van der Waals surface area contributed by atoms with Crippen molar-refractivity contribution in [2.45, 2.75) is 25.3 Å². The van der Waals surface area contributed by atoms with E-state index in [-0.39, 0.29) is 5.41 Å². The largest absolute Gasteiger partial charge is 0.380 e. The van der Waals surface area contributed by atoms with Gasteiger partial charge in [-0.25, -0.2) is 4.98 Å². The van der Waals surface area contributed by atoms with Crippen molar-refractivity contribution in [3.8, 4) is 0 Å². The normalized spacial score (nSPS) is 21.6. The Labute approximate surface area is 132 Å². The van der Waals surface area contributed by atoms with E-state index in [0.717, 1.165) is 45.1 Å². The first kappa shape index (κ1) is 15.3. The van der Waals surface area contributed by atoms with Gasteiger partial charge in [-0.15, -0.1) is 0 Å².